The smallest absolute Gasteiger partial charge is 0.242 e. The highest BCUT2D eigenvalue weighted by Crippen LogP contribution is 2.17. The number of halogens is 1. The van der Waals surface area contributed by atoms with Gasteiger partial charge in [0.25, 0.3) is 0 Å². The Hall–Kier alpha value is -1.81. The molecule has 5 heteroatoms. The molecule has 1 aromatic heterocycles. The van der Waals surface area contributed by atoms with Gasteiger partial charge in [0.15, 0.2) is 5.43 Å². The molecular formula is C17H19ClN2O2. The van der Waals surface area contributed by atoms with E-state index in [1.54, 1.807) is 24.4 Å². The molecule has 0 aliphatic carbocycles. The number of hydrogen-bond acceptors (Lipinski definition) is 2. The van der Waals surface area contributed by atoms with Crippen LogP contribution in [0.3, 0.4) is 0 Å². The van der Waals surface area contributed by atoms with E-state index < -0.39 is 0 Å². The second-order valence-electron chi connectivity index (χ2n) is 5.76. The molecule has 2 heterocycles. The monoisotopic (exact) mass is 318 g/mol. The van der Waals surface area contributed by atoms with Crippen LogP contribution in [0.15, 0.2) is 35.3 Å². The molecule has 0 saturated carbocycles. The molecule has 1 aliphatic rings. The number of rotatable bonds is 2. The second-order valence-corrected chi connectivity index (χ2v) is 6.20. The van der Waals surface area contributed by atoms with Crippen LogP contribution in [0.1, 0.15) is 25.7 Å². The van der Waals surface area contributed by atoms with Crippen LogP contribution < -0.4 is 5.43 Å². The van der Waals surface area contributed by atoms with E-state index in [2.05, 4.69) is 0 Å². The Balaban J connectivity index is 1.89. The number of fused-ring (bicyclic) bond motifs is 1. The van der Waals surface area contributed by atoms with Gasteiger partial charge in [-0.15, -0.1) is 0 Å². The number of hydrogen-bond donors (Lipinski definition) is 0. The van der Waals surface area contributed by atoms with Gasteiger partial charge in [-0.05, 0) is 31.0 Å². The zero-order chi connectivity index (χ0) is 15.5. The SMILES string of the molecule is O=C(Cn1ccc(=O)c2cc(Cl)ccc21)N1CCCCCC1. The molecular weight excluding hydrogens is 300 g/mol. The molecule has 3 rings (SSSR count). The Morgan fingerprint density at radius 2 is 1.82 bits per heavy atom. The summed E-state index contributed by atoms with van der Waals surface area (Å²) in [5.41, 5.74) is 0.677. The fraction of sp³-hybridized carbons (Fsp3) is 0.412. The zero-order valence-electron chi connectivity index (χ0n) is 12.4. The standard InChI is InChI=1S/C17H19ClN2O2/c18-13-5-6-15-14(11-13)16(21)7-10-20(15)12-17(22)19-8-3-1-2-4-9-19/h5-7,10-11H,1-4,8-9,12H2. The first kappa shape index (κ1) is 15.1. The Morgan fingerprint density at radius 3 is 2.55 bits per heavy atom. The molecule has 22 heavy (non-hydrogen) atoms. The topological polar surface area (TPSA) is 42.3 Å². The molecule has 1 saturated heterocycles. The van der Waals surface area contributed by atoms with E-state index >= 15 is 0 Å². The third kappa shape index (κ3) is 3.17. The summed E-state index contributed by atoms with van der Waals surface area (Å²) in [6, 6.07) is 6.70. The van der Waals surface area contributed by atoms with Gasteiger partial charge in [0.1, 0.15) is 6.54 Å². The maximum atomic E-state index is 12.5. The molecule has 2 aromatic rings. The van der Waals surface area contributed by atoms with E-state index in [1.807, 2.05) is 9.47 Å². The van der Waals surface area contributed by atoms with Crippen molar-refractivity contribution >= 4 is 28.4 Å². The lowest BCUT2D eigenvalue weighted by molar-refractivity contribution is -0.131. The molecule has 0 radical (unpaired) electrons. The number of nitrogens with zero attached hydrogens (tertiary/aromatic N) is 2. The van der Waals surface area contributed by atoms with Gasteiger partial charge in [0.2, 0.25) is 5.91 Å². The molecule has 1 fully saturated rings. The van der Waals surface area contributed by atoms with Gasteiger partial charge < -0.3 is 9.47 Å². The summed E-state index contributed by atoms with van der Waals surface area (Å²) in [5.74, 6) is 0.113. The second kappa shape index (κ2) is 6.53. The highest BCUT2D eigenvalue weighted by Gasteiger charge is 2.16. The lowest BCUT2D eigenvalue weighted by Crippen LogP contribution is -2.34. The Kier molecular flexibility index (Phi) is 4.48. The van der Waals surface area contributed by atoms with Crippen molar-refractivity contribution in [2.75, 3.05) is 13.1 Å². The normalized spacial score (nSPS) is 15.8. The molecule has 0 spiro atoms. The summed E-state index contributed by atoms with van der Waals surface area (Å²) in [4.78, 5) is 26.4. The highest BCUT2D eigenvalue weighted by atomic mass is 35.5. The molecule has 4 nitrogen and oxygen atoms in total. The van der Waals surface area contributed by atoms with Crippen molar-refractivity contribution in [3.8, 4) is 0 Å². The first-order chi connectivity index (χ1) is 10.6. The van der Waals surface area contributed by atoms with Crippen molar-refractivity contribution in [1.82, 2.24) is 9.47 Å². The minimum Gasteiger partial charge on any atom is -0.341 e. The minimum atomic E-state index is -0.0732. The predicted molar refractivity (Wildman–Crippen MR) is 88.3 cm³/mol. The quantitative estimate of drug-likeness (QED) is 0.854. The number of aromatic nitrogens is 1. The lowest BCUT2D eigenvalue weighted by atomic mass is 10.2. The molecule has 116 valence electrons. The Bertz CT molecular complexity index is 746. The number of benzene rings is 1. The number of pyridine rings is 1. The van der Waals surface area contributed by atoms with E-state index in [1.165, 1.54) is 18.9 Å². The zero-order valence-corrected chi connectivity index (χ0v) is 13.2. The maximum Gasteiger partial charge on any atom is 0.242 e. The van der Waals surface area contributed by atoms with E-state index in [0.29, 0.717) is 10.4 Å². The van der Waals surface area contributed by atoms with E-state index in [-0.39, 0.29) is 17.9 Å². The number of carbonyl (C=O) groups excluding carboxylic acids is 1. The summed E-state index contributed by atoms with van der Waals surface area (Å²) in [5, 5.41) is 1.08. The predicted octanol–water partition coefficient (Wildman–Crippen LogP) is 3.06. The Labute approximate surface area is 134 Å². The van der Waals surface area contributed by atoms with Gasteiger partial charge in [-0.2, -0.15) is 0 Å². The Morgan fingerprint density at radius 1 is 1.09 bits per heavy atom. The molecule has 1 amide bonds. The number of carbonyl (C=O) groups is 1. The van der Waals surface area contributed by atoms with Crippen LogP contribution in [0.5, 0.6) is 0 Å². The third-order valence-corrected chi connectivity index (χ3v) is 4.44. The fourth-order valence-corrected chi connectivity index (χ4v) is 3.16. The molecule has 0 N–H and O–H groups in total. The maximum absolute atomic E-state index is 12.5. The average Bonchev–Trinajstić information content (AvgIpc) is 2.79. The first-order valence-electron chi connectivity index (χ1n) is 7.71. The van der Waals surface area contributed by atoms with Gasteiger partial charge in [-0.3, -0.25) is 9.59 Å². The van der Waals surface area contributed by atoms with Crippen molar-refractivity contribution in [1.29, 1.82) is 0 Å². The van der Waals surface area contributed by atoms with E-state index in [4.69, 9.17) is 11.6 Å². The number of amides is 1. The van der Waals surface area contributed by atoms with Crippen LogP contribution in [0.4, 0.5) is 0 Å². The van der Waals surface area contributed by atoms with Gasteiger partial charge in [-0.1, -0.05) is 24.4 Å². The van der Waals surface area contributed by atoms with Gasteiger partial charge in [0.05, 0.1) is 5.52 Å². The lowest BCUT2D eigenvalue weighted by Gasteiger charge is -2.21. The van der Waals surface area contributed by atoms with Crippen LogP contribution in [-0.4, -0.2) is 28.5 Å². The van der Waals surface area contributed by atoms with Crippen LogP contribution in [-0.2, 0) is 11.3 Å². The molecule has 0 atom stereocenters. The summed E-state index contributed by atoms with van der Waals surface area (Å²) < 4.78 is 1.83. The molecule has 0 bridgehead atoms. The van der Waals surface area contributed by atoms with E-state index in [0.717, 1.165) is 31.4 Å². The van der Waals surface area contributed by atoms with Crippen molar-refractivity contribution in [3.05, 3.63) is 45.7 Å². The largest absolute Gasteiger partial charge is 0.341 e. The van der Waals surface area contributed by atoms with Crippen LogP contribution in [0, 0.1) is 0 Å². The van der Waals surface area contributed by atoms with Crippen LogP contribution >= 0.6 is 11.6 Å². The summed E-state index contributed by atoms with van der Waals surface area (Å²) in [7, 11) is 0. The van der Waals surface area contributed by atoms with Crippen molar-refractivity contribution in [3.63, 3.8) is 0 Å². The fourth-order valence-electron chi connectivity index (χ4n) is 2.99. The van der Waals surface area contributed by atoms with Gasteiger partial charge in [0, 0.05) is 35.8 Å². The first-order valence-corrected chi connectivity index (χ1v) is 8.09. The van der Waals surface area contributed by atoms with Crippen LogP contribution in [0.25, 0.3) is 10.9 Å². The van der Waals surface area contributed by atoms with Crippen molar-refractivity contribution in [2.45, 2.75) is 32.2 Å². The van der Waals surface area contributed by atoms with Gasteiger partial charge >= 0.3 is 0 Å². The third-order valence-electron chi connectivity index (χ3n) is 4.20. The van der Waals surface area contributed by atoms with E-state index in [9.17, 15) is 9.59 Å². The summed E-state index contributed by atoms with van der Waals surface area (Å²) in [6.45, 7) is 1.93. The molecule has 1 aromatic carbocycles. The van der Waals surface area contributed by atoms with Crippen LogP contribution in [0.2, 0.25) is 5.02 Å². The number of likely N-dealkylation sites (tertiary alicyclic amines) is 1. The average molecular weight is 319 g/mol. The van der Waals surface area contributed by atoms with Gasteiger partial charge in [-0.25, -0.2) is 0 Å². The molecule has 1 aliphatic heterocycles. The summed E-state index contributed by atoms with van der Waals surface area (Å²) in [6.07, 6.45) is 6.24. The minimum absolute atomic E-state index is 0.0732. The molecule has 0 unspecified atom stereocenters. The highest BCUT2D eigenvalue weighted by molar-refractivity contribution is 6.31. The van der Waals surface area contributed by atoms with Crippen molar-refractivity contribution in [2.24, 2.45) is 0 Å². The van der Waals surface area contributed by atoms with Crippen molar-refractivity contribution < 1.29 is 4.79 Å². The summed E-state index contributed by atoms with van der Waals surface area (Å²) >= 11 is 5.97.